The average Bonchev–Trinajstić information content (AvgIpc) is 2.00. The second kappa shape index (κ2) is 4.40. The van der Waals surface area contributed by atoms with Gasteiger partial charge >= 0.3 is 0 Å². The predicted octanol–water partition coefficient (Wildman–Crippen LogP) is -1.75. The summed E-state index contributed by atoms with van der Waals surface area (Å²) >= 11 is 0. The van der Waals surface area contributed by atoms with Crippen molar-refractivity contribution < 1.29 is 20.4 Å². The summed E-state index contributed by atoms with van der Waals surface area (Å²) in [5.74, 6) is 0. The van der Waals surface area contributed by atoms with E-state index in [9.17, 15) is 0 Å². The Morgan fingerprint density at radius 3 is 2.10 bits per heavy atom. The number of hydrogen-bond acceptors (Lipinski definition) is 4. The molecule has 0 radical (unpaired) electrons. The first kappa shape index (κ1) is 9.58. The zero-order chi connectivity index (χ0) is 8.15. The molecule has 0 saturated carbocycles. The highest BCUT2D eigenvalue weighted by molar-refractivity contribution is 4.87. The Bertz CT molecular complexity index is 104. The van der Waals surface area contributed by atoms with E-state index in [1.165, 1.54) is 0 Å². The van der Waals surface area contributed by atoms with E-state index >= 15 is 0 Å². The fourth-order valence-electron chi connectivity index (χ4n) is 0.475. The van der Waals surface area contributed by atoms with Crippen LogP contribution in [0.4, 0.5) is 0 Å². The summed E-state index contributed by atoms with van der Waals surface area (Å²) < 4.78 is 0. The van der Waals surface area contributed by atoms with Crippen molar-refractivity contribution in [2.45, 2.75) is 18.3 Å². The first-order chi connectivity index (χ1) is 4.63. The van der Waals surface area contributed by atoms with Crippen molar-refractivity contribution in [3.63, 3.8) is 0 Å². The normalized spacial score (nSPS) is 19.6. The Morgan fingerprint density at radius 1 is 1.30 bits per heavy atom. The molecule has 0 amide bonds. The lowest BCUT2D eigenvalue weighted by Gasteiger charge is -2.18. The molecule has 3 atom stereocenters. The summed E-state index contributed by atoms with van der Waals surface area (Å²) in [6.07, 6.45) is -2.78. The van der Waals surface area contributed by atoms with Gasteiger partial charge in [-0.1, -0.05) is 6.08 Å². The van der Waals surface area contributed by atoms with Gasteiger partial charge in [0, 0.05) is 0 Å². The average molecular weight is 148 g/mol. The van der Waals surface area contributed by atoms with Crippen LogP contribution in [0.3, 0.4) is 0 Å². The van der Waals surface area contributed by atoms with E-state index in [0.717, 1.165) is 6.08 Å². The summed E-state index contributed by atoms with van der Waals surface area (Å²) in [6.45, 7) is 2.62. The number of aliphatic hydroxyl groups excluding tert-OH is 4. The predicted molar refractivity (Wildman–Crippen MR) is 35.3 cm³/mol. The van der Waals surface area contributed by atoms with Crippen molar-refractivity contribution in [2.75, 3.05) is 6.61 Å². The van der Waals surface area contributed by atoms with Gasteiger partial charge in [-0.25, -0.2) is 0 Å². The van der Waals surface area contributed by atoms with Gasteiger partial charge in [0.2, 0.25) is 0 Å². The molecule has 4 nitrogen and oxygen atoms in total. The van der Waals surface area contributed by atoms with Crippen molar-refractivity contribution >= 4 is 0 Å². The number of aliphatic hydroxyl groups is 4. The molecule has 0 aromatic carbocycles. The van der Waals surface area contributed by atoms with Crippen LogP contribution in [0.5, 0.6) is 0 Å². The van der Waals surface area contributed by atoms with Crippen LogP contribution in [0.2, 0.25) is 0 Å². The SMILES string of the molecule is C=C[C@@H](O)[C@@H](O)[C@@H](O)CO. The van der Waals surface area contributed by atoms with Crippen molar-refractivity contribution in [3.05, 3.63) is 12.7 Å². The molecule has 10 heavy (non-hydrogen) atoms. The molecule has 60 valence electrons. The van der Waals surface area contributed by atoms with Gasteiger partial charge in [-0.05, 0) is 0 Å². The molecule has 0 heterocycles. The Labute approximate surface area is 59.1 Å². The van der Waals surface area contributed by atoms with Crippen LogP contribution in [0.1, 0.15) is 0 Å². The van der Waals surface area contributed by atoms with Gasteiger partial charge < -0.3 is 20.4 Å². The van der Waals surface area contributed by atoms with E-state index in [-0.39, 0.29) is 0 Å². The van der Waals surface area contributed by atoms with Gasteiger partial charge in [0.1, 0.15) is 18.3 Å². The smallest absolute Gasteiger partial charge is 0.112 e. The highest BCUT2D eigenvalue weighted by atomic mass is 16.4. The monoisotopic (exact) mass is 148 g/mol. The first-order valence-corrected chi connectivity index (χ1v) is 2.91. The fourth-order valence-corrected chi connectivity index (χ4v) is 0.475. The topological polar surface area (TPSA) is 80.9 Å². The van der Waals surface area contributed by atoms with Gasteiger partial charge in [0.25, 0.3) is 0 Å². The third-order valence-corrected chi connectivity index (χ3v) is 1.17. The lowest BCUT2D eigenvalue weighted by Crippen LogP contribution is -2.38. The molecule has 0 spiro atoms. The number of hydrogen-bond donors (Lipinski definition) is 4. The maximum Gasteiger partial charge on any atom is 0.112 e. The fraction of sp³-hybridized carbons (Fsp3) is 0.667. The van der Waals surface area contributed by atoms with E-state index in [0.29, 0.717) is 0 Å². The highest BCUT2D eigenvalue weighted by Crippen LogP contribution is 1.99. The van der Waals surface area contributed by atoms with E-state index in [1.807, 2.05) is 0 Å². The zero-order valence-electron chi connectivity index (χ0n) is 5.51. The maximum atomic E-state index is 8.85. The summed E-state index contributed by atoms with van der Waals surface area (Å²) in [4.78, 5) is 0. The lowest BCUT2D eigenvalue weighted by atomic mass is 10.1. The second-order valence-corrected chi connectivity index (χ2v) is 1.97. The summed E-state index contributed by atoms with van der Waals surface area (Å²) in [5, 5.41) is 34.7. The molecular weight excluding hydrogens is 136 g/mol. The third-order valence-electron chi connectivity index (χ3n) is 1.17. The molecule has 4 N–H and O–H groups in total. The van der Waals surface area contributed by atoms with Gasteiger partial charge in [-0.3, -0.25) is 0 Å². The Hall–Kier alpha value is -0.420. The minimum absolute atomic E-state index is 0.577. The molecule has 4 heteroatoms. The molecule has 0 rings (SSSR count). The van der Waals surface area contributed by atoms with Crippen LogP contribution in [-0.4, -0.2) is 45.3 Å². The summed E-state index contributed by atoms with van der Waals surface area (Å²) in [7, 11) is 0. The molecule has 0 aliphatic heterocycles. The zero-order valence-corrected chi connectivity index (χ0v) is 5.51. The van der Waals surface area contributed by atoms with Crippen molar-refractivity contribution in [3.8, 4) is 0 Å². The van der Waals surface area contributed by atoms with E-state index in [1.54, 1.807) is 0 Å². The Kier molecular flexibility index (Phi) is 4.22. The van der Waals surface area contributed by atoms with Crippen LogP contribution in [0, 0.1) is 0 Å². The third kappa shape index (κ3) is 2.45. The minimum Gasteiger partial charge on any atom is -0.394 e. The first-order valence-electron chi connectivity index (χ1n) is 2.91. The van der Waals surface area contributed by atoms with Crippen molar-refractivity contribution in [1.82, 2.24) is 0 Å². The molecular formula is C6H12O4. The summed E-state index contributed by atoms with van der Waals surface area (Å²) in [6, 6.07) is 0. The quantitative estimate of drug-likeness (QED) is 0.356. The molecule has 0 bridgehead atoms. The minimum atomic E-state index is -1.36. The van der Waals surface area contributed by atoms with Gasteiger partial charge in [0.05, 0.1) is 6.61 Å². The van der Waals surface area contributed by atoms with Crippen LogP contribution in [-0.2, 0) is 0 Å². The number of rotatable bonds is 4. The summed E-state index contributed by atoms with van der Waals surface area (Å²) in [5.41, 5.74) is 0. The molecule has 0 aliphatic rings. The Balaban J connectivity index is 3.80. The van der Waals surface area contributed by atoms with Gasteiger partial charge in [0.15, 0.2) is 0 Å². The van der Waals surface area contributed by atoms with E-state index in [2.05, 4.69) is 6.58 Å². The molecule has 0 fully saturated rings. The molecule has 0 unspecified atom stereocenters. The molecule has 0 aromatic rings. The Morgan fingerprint density at radius 2 is 1.80 bits per heavy atom. The highest BCUT2D eigenvalue weighted by Gasteiger charge is 2.20. The van der Waals surface area contributed by atoms with E-state index < -0.39 is 24.9 Å². The van der Waals surface area contributed by atoms with E-state index in [4.69, 9.17) is 20.4 Å². The van der Waals surface area contributed by atoms with Crippen LogP contribution >= 0.6 is 0 Å². The molecule has 0 saturated heterocycles. The van der Waals surface area contributed by atoms with Crippen molar-refractivity contribution in [1.29, 1.82) is 0 Å². The molecule has 0 aliphatic carbocycles. The van der Waals surface area contributed by atoms with Crippen LogP contribution in [0.25, 0.3) is 0 Å². The molecule has 0 aromatic heterocycles. The standard InChI is InChI=1S/C6H12O4/c1-2-4(8)6(10)5(9)3-7/h2,4-10H,1,3H2/t4-,5+,6-/m1/s1. The largest absolute Gasteiger partial charge is 0.394 e. The lowest BCUT2D eigenvalue weighted by molar-refractivity contribution is -0.0609. The maximum absolute atomic E-state index is 8.85. The second-order valence-electron chi connectivity index (χ2n) is 1.97. The van der Waals surface area contributed by atoms with Gasteiger partial charge in [-0.15, -0.1) is 6.58 Å². The van der Waals surface area contributed by atoms with Crippen LogP contribution in [0.15, 0.2) is 12.7 Å². The van der Waals surface area contributed by atoms with Crippen molar-refractivity contribution in [2.24, 2.45) is 0 Å². The van der Waals surface area contributed by atoms with Gasteiger partial charge in [-0.2, -0.15) is 0 Å². The van der Waals surface area contributed by atoms with Crippen LogP contribution < -0.4 is 0 Å².